The molecular weight excluding hydrogens is 332 g/mol. The number of allylic oxidation sites excluding steroid dienone is 1. The van der Waals surface area contributed by atoms with Crippen molar-refractivity contribution in [1.29, 1.82) is 0 Å². The summed E-state index contributed by atoms with van der Waals surface area (Å²) in [5.41, 5.74) is 1.65. The number of hydrogen-bond acceptors (Lipinski definition) is 5. The van der Waals surface area contributed by atoms with Crippen LogP contribution in [0.2, 0.25) is 0 Å². The summed E-state index contributed by atoms with van der Waals surface area (Å²) in [6, 6.07) is 10.9. The molecule has 0 N–H and O–H groups in total. The molecule has 5 nitrogen and oxygen atoms in total. The second kappa shape index (κ2) is 10.1. The Bertz CT molecular complexity index is 739. The van der Waals surface area contributed by atoms with Gasteiger partial charge >= 0.3 is 0 Å². The van der Waals surface area contributed by atoms with Gasteiger partial charge in [-0.05, 0) is 49.2 Å². The minimum Gasteiger partial charge on any atom is -0.493 e. The van der Waals surface area contributed by atoms with Gasteiger partial charge in [-0.3, -0.25) is 4.79 Å². The summed E-state index contributed by atoms with van der Waals surface area (Å²) in [7, 11) is 1.61. The first-order valence-electron chi connectivity index (χ1n) is 8.47. The normalized spacial score (nSPS) is 10.1. The summed E-state index contributed by atoms with van der Waals surface area (Å²) >= 11 is 0. The molecule has 0 atom stereocenters. The van der Waals surface area contributed by atoms with Crippen molar-refractivity contribution in [2.75, 3.05) is 26.9 Å². The van der Waals surface area contributed by atoms with Crippen LogP contribution >= 0.6 is 0 Å². The van der Waals surface area contributed by atoms with E-state index in [0.29, 0.717) is 48.4 Å². The Morgan fingerprint density at radius 3 is 2.23 bits per heavy atom. The maximum atomic E-state index is 10.9. The molecule has 0 spiro atoms. The summed E-state index contributed by atoms with van der Waals surface area (Å²) in [6.45, 7) is 6.78. The van der Waals surface area contributed by atoms with Gasteiger partial charge in [0.05, 0.1) is 13.7 Å². The number of carbonyl (C=O) groups is 1. The topological polar surface area (TPSA) is 54.0 Å². The molecule has 2 aromatic carbocycles. The van der Waals surface area contributed by atoms with E-state index in [-0.39, 0.29) is 0 Å². The highest BCUT2D eigenvalue weighted by atomic mass is 16.5. The lowest BCUT2D eigenvalue weighted by molar-refractivity contribution is 0.112. The summed E-state index contributed by atoms with van der Waals surface area (Å²) in [5.74, 6) is 2.46. The van der Waals surface area contributed by atoms with Gasteiger partial charge in [0, 0.05) is 5.56 Å². The van der Waals surface area contributed by atoms with Crippen LogP contribution in [0, 0.1) is 0 Å². The van der Waals surface area contributed by atoms with Crippen LogP contribution in [0.5, 0.6) is 23.0 Å². The highest BCUT2D eigenvalue weighted by Crippen LogP contribution is 2.29. The van der Waals surface area contributed by atoms with E-state index in [2.05, 4.69) is 6.58 Å². The number of aldehydes is 1. The van der Waals surface area contributed by atoms with Gasteiger partial charge in [0.1, 0.15) is 19.5 Å². The molecule has 2 aromatic rings. The first-order valence-corrected chi connectivity index (χ1v) is 8.47. The summed E-state index contributed by atoms with van der Waals surface area (Å²) < 4.78 is 22.4. The summed E-state index contributed by atoms with van der Waals surface area (Å²) in [4.78, 5) is 10.9. The van der Waals surface area contributed by atoms with Crippen molar-refractivity contribution < 1.29 is 23.7 Å². The first-order chi connectivity index (χ1) is 12.7. The predicted octanol–water partition coefficient (Wildman–Crippen LogP) is 4.09. The Balaban J connectivity index is 1.94. The lowest BCUT2D eigenvalue weighted by Crippen LogP contribution is -2.10. The fourth-order valence-electron chi connectivity index (χ4n) is 2.41. The van der Waals surface area contributed by atoms with Crippen molar-refractivity contribution in [1.82, 2.24) is 0 Å². The second-order valence-corrected chi connectivity index (χ2v) is 5.43. The van der Waals surface area contributed by atoms with Crippen LogP contribution in [-0.2, 0) is 6.42 Å². The number of benzene rings is 2. The zero-order valence-corrected chi connectivity index (χ0v) is 15.2. The number of methoxy groups -OCH3 is 1. The van der Waals surface area contributed by atoms with Crippen molar-refractivity contribution in [3.8, 4) is 23.0 Å². The van der Waals surface area contributed by atoms with Crippen molar-refractivity contribution in [3.63, 3.8) is 0 Å². The van der Waals surface area contributed by atoms with Crippen LogP contribution in [-0.4, -0.2) is 33.2 Å². The monoisotopic (exact) mass is 356 g/mol. The highest BCUT2D eigenvalue weighted by molar-refractivity contribution is 5.76. The molecule has 0 unspecified atom stereocenters. The maximum absolute atomic E-state index is 10.9. The van der Waals surface area contributed by atoms with Crippen LogP contribution in [0.15, 0.2) is 49.1 Å². The third-order valence-corrected chi connectivity index (χ3v) is 3.61. The van der Waals surface area contributed by atoms with E-state index >= 15 is 0 Å². The van der Waals surface area contributed by atoms with Crippen LogP contribution in [0.4, 0.5) is 0 Å². The molecule has 0 aromatic heterocycles. The fourth-order valence-corrected chi connectivity index (χ4v) is 2.41. The number of rotatable bonds is 11. The van der Waals surface area contributed by atoms with E-state index in [4.69, 9.17) is 18.9 Å². The van der Waals surface area contributed by atoms with E-state index in [9.17, 15) is 4.79 Å². The van der Waals surface area contributed by atoms with Crippen LogP contribution in [0.25, 0.3) is 0 Å². The summed E-state index contributed by atoms with van der Waals surface area (Å²) in [5, 5.41) is 0. The van der Waals surface area contributed by atoms with Gasteiger partial charge in [-0.2, -0.15) is 0 Å². The molecular formula is C21H24O5. The standard InChI is InChI=1S/C21H24O5/c1-4-6-16-7-9-18(20(13-16)23-3)25-11-12-26-19-10-8-17(15-22)14-21(19)24-5-2/h4,7-10,13-15H,1,5-6,11-12H2,2-3H3. The lowest BCUT2D eigenvalue weighted by Gasteiger charge is -2.14. The third-order valence-electron chi connectivity index (χ3n) is 3.61. The van der Waals surface area contributed by atoms with E-state index in [1.807, 2.05) is 31.2 Å². The first kappa shape index (κ1) is 19.4. The predicted molar refractivity (Wildman–Crippen MR) is 101 cm³/mol. The Kier molecular flexibility index (Phi) is 7.55. The second-order valence-electron chi connectivity index (χ2n) is 5.43. The van der Waals surface area contributed by atoms with Gasteiger partial charge in [0.15, 0.2) is 23.0 Å². The van der Waals surface area contributed by atoms with E-state index < -0.39 is 0 Å². The zero-order valence-electron chi connectivity index (χ0n) is 15.2. The summed E-state index contributed by atoms with van der Waals surface area (Å²) in [6.07, 6.45) is 3.39. The van der Waals surface area contributed by atoms with Crippen molar-refractivity contribution in [2.45, 2.75) is 13.3 Å². The number of carbonyl (C=O) groups excluding carboxylic acids is 1. The smallest absolute Gasteiger partial charge is 0.161 e. The molecule has 2 rings (SSSR count). The average molecular weight is 356 g/mol. The molecule has 26 heavy (non-hydrogen) atoms. The molecule has 138 valence electrons. The molecule has 0 saturated heterocycles. The quantitative estimate of drug-likeness (QED) is 0.345. The number of hydrogen-bond donors (Lipinski definition) is 0. The highest BCUT2D eigenvalue weighted by Gasteiger charge is 2.08. The maximum Gasteiger partial charge on any atom is 0.161 e. The Hall–Kier alpha value is -2.95. The lowest BCUT2D eigenvalue weighted by atomic mass is 10.1. The van der Waals surface area contributed by atoms with Crippen LogP contribution in [0.3, 0.4) is 0 Å². The van der Waals surface area contributed by atoms with Gasteiger partial charge in [-0.25, -0.2) is 0 Å². The van der Waals surface area contributed by atoms with E-state index in [1.54, 1.807) is 25.3 Å². The van der Waals surface area contributed by atoms with E-state index in [0.717, 1.165) is 18.3 Å². The Morgan fingerprint density at radius 2 is 1.62 bits per heavy atom. The molecule has 0 aliphatic carbocycles. The zero-order chi connectivity index (χ0) is 18.8. The minimum atomic E-state index is 0.331. The Morgan fingerprint density at radius 1 is 0.923 bits per heavy atom. The van der Waals surface area contributed by atoms with Gasteiger partial charge in [-0.15, -0.1) is 6.58 Å². The van der Waals surface area contributed by atoms with Gasteiger partial charge < -0.3 is 18.9 Å². The van der Waals surface area contributed by atoms with Crippen LogP contribution in [0.1, 0.15) is 22.8 Å². The SMILES string of the molecule is C=CCc1ccc(OCCOc2ccc(C=O)cc2OCC)c(OC)c1. The molecule has 0 aliphatic rings. The van der Waals surface area contributed by atoms with Crippen molar-refractivity contribution >= 4 is 6.29 Å². The molecule has 0 aliphatic heterocycles. The van der Waals surface area contributed by atoms with Crippen molar-refractivity contribution in [2.24, 2.45) is 0 Å². The number of ether oxygens (including phenoxy) is 4. The minimum absolute atomic E-state index is 0.331. The molecule has 0 amide bonds. The molecule has 5 heteroatoms. The molecule has 0 heterocycles. The third kappa shape index (κ3) is 5.28. The Labute approximate surface area is 154 Å². The largest absolute Gasteiger partial charge is 0.493 e. The van der Waals surface area contributed by atoms with Gasteiger partial charge in [0.25, 0.3) is 0 Å². The van der Waals surface area contributed by atoms with Gasteiger partial charge in [0.2, 0.25) is 0 Å². The molecule has 0 radical (unpaired) electrons. The van der Waals surface area contributed by atoms with E-state index in [1.165, 1.54) is 0 Å². The fraction of sp³-hybridized carbons (Fsp3) is 0.286. The molecule has 0 bridgehead atoms. The average Bonchev–Trinajstić information content (AvgIpc) is 2.67. The molecule has 0 fully saturated rings. The van der Waals surface area contributed by atoms with Crippen molar-refractivity contribution in [3.05, 3.63) is 60.2 Å². The van der Waals surface area contributed by atoms with Gasteiger partial charge in [-0.1, -0.05) is 12.1 Å². The molecule has 0 saturated carbocycles. The van der Waals surface area contributed by atoms with Crippen LogP contribution < -0.4 is 18.9 Å².